The lowest BCUT2D eigenvalue weighted by atomic mass is 10.1. The van der Waals surface area contributed by atoms with E-state index in [4.69, 9.17) is 5.73 Å². The highest BCUT2D eigenvalue weighted by molar-refractivity contribution is 9.11. The largest absolute Gasteiger partial charge is 0.506 e. The molecule has 0 bridgehead atoms. The Morgan fingerprint density at radius 3 is 2.85 bits per heavy atom. The number of hydrogen-bond acceptors (Lipinski definition) is 2. The second kappa shape index (κ2) is 3.26. The average molecular weight is 307 g/mol. The molecule has 2 rings (SSSR count). The van der Waals surface area contributed by atoms with Crippen LogP contribution in [0.1, 0.15) is 23.6 Å². The van der Waals surface area contributed by atoms with Gasteiger partial charge in [0, 0.05) is 6.04 Å². The number of aromatic hydroxyl groups is 1. The number of fused-ring (bicyclic) bond motifs is 1. The van der Waals surface area contributed by atoms with Crippen molar-refractivity contribution in [2.75, 3.05) is 0 Å². The molecule has 3 N–H and O–H groups in total. The third-order valence-electron chi connectivity index (χ3n) is 2.43. The topological polar surface area (TPSA) is 46.2 Å². The molecule has 1 aromatic carbocycles. The summed E-state index contributed by atoms with van der Waals surface area (Å²) < 4.78 is 1.49. The molecule has 2 nitrogen and oxygen atoms in total. The first-order valence-electron chi connectivity index (χ1n) is 4.06. The van der Waals surface area contributed by atoms with Gasteiger partial charge in [-0.25, -0.2) is 0 Å². The van der Waals surface area contributed by atoms with E-state index in [0.717, 1.165) is 28.4 Å². The lowest BCUT2D eigenvalue weighted by molar-refractivity contribution is 0.467. The fourth-order valence-corrected chi connectivity index (χ4v) is 3.06. The van der Waals surface area contributed by atoms with Crippen molar-refractivity contribution in [3.8, 4) is 5.75 Å². The molecule has 0 aliphatic heterocycles. The molecular formula is C9H9Br2NO. The number of phenolic OH excluding ortho intramolecular Hbond substituents is 1. The Kier molecular flexibility index (Phi) is 2.38. The highest BCUT2D eigenvalue weighted by Crippen LogP contribution is 2.43. The van der Waals surface area contributed by atoms with Crippen molar-refractivity contribution in [2.45, 2.75) is 18.9 Å². The van der Waals surface area contributed by atoms with Crippen LogP contribution in [0.25, 0.3) is 0 Å². The normalized spacial score (nSPS) is 20.4. The Labute approximate surface area is 93.4 Å². The van der Waals surface area contributed by atoms with Crippen molar-refractivity contribution in [3.63, 3.8) is 0 Å². The van der Waals surface area contributed by atoms with Crippen LogP contribution in [0.4, 0.5) is 0 Å². The van der Waals surface area contributed by atoms with Crippen LogP contribution < -0.4 is 5.73 Å². The lowest BCUT2D eigenvalue weighted by Gasteiger charge is -2.09. The van der Waals surface area contributed by atoms with Gasteiger partial charge in [-0.15, -0.1) is 0 Å². The van der Waals surface area contributed by atoms with Crippen LogP contribution in [0, 0.1) is 0 Å². The quantitative estimate of drug-likeness (QED) is 0.774. The number of hydrogen-bond donors (Lipinski definition) is 2. The van der Waals surface area contributed by atoms with Gasteiger partial charge in [0.15, 0.2) is 0 Å². The van der Waals surface area contributed by atoms with E-state index in [1.807, 2.05) is 6.07 Å². The molecule has 70 valence electrons. The summed E-state index contributed by atoms with van der Waals surface area (Å²) >= 11 is 6.67. The predicted octanol–water partition coefficient (Wildman–Crippen LogP) is 2.86. The van der Waals surface area contributed by atoms with Gasteiger partial charge in [-0.05, 0) is 61.9 Å². The SMILES string of the molecule is N[C@@H]1CCc2c1cc(Br)c(O)c2Br. The molecule has 0 fully saturated rings. The van der Waals surface area contributed by atoms with Crippen molar-refractivity contribution in [1.82, 2.24) is 0 Å². The molecule has 0 amide bonds. The van der Waals surface area contributed by atoms with Gasteiger partial charge >= 0.3 is 0 Å². The molecule has 1 aliphatic rings. The summed E-state index contributed by atoms with van der Waals surface area (Å²) in [6.45, 7) is 0. The molecule has 0 unspecified atom stereocenters. The summed E-state index contributed by atoms with van der Waals surface area (Å²) in [6, 6.07) is 2.02. The molecule has 1 atom stereocenters. The second-order valence-corrected chi connectivity index (χ2v) is 4.88. The summed E-state index contributed by atoms with van der Waals surface area (Å²) in [4.78, 5) is 0. The molecule has 0 saturated heterocycles. The third-order valence-corrected chi connectivity index (χ3v) is 3.89. The first kappa shape index (κ1) is 9.49. The standard InChI is InChI=1S/C9H9Br2NO/c10-6-3-5-4(1-2-7(5)12)8(11)9(6)13/h3,7,13H,1-2,12H2/t7-/m1/s1. The van der Waals surface area contributed by atoms with Crippen LogP contribution in [0.3, 0.4) is 0 Å². The molecule has 4 heteroatoms. The van der Waals surface area contributed by atoms with Gasteiger partial charge in [0.25, 0.3) is 0 Å². The van der Waals surface area contributed by atoms with Crippen molar-refractivity contribution in [3.05, 3.63) is 26.1 Å². The van der Waals surface area contributed by atoms with E-state index in [-0.39, 0.29) is 11.8 Å². The van der Waals surface area contributed by atoms with Gasteiger partial charge in [0.2, 0.25) is 0 Å². The van der Waals surface area contributed by atoms with Crippen LogP contribution in [-0.4, -0.2) is 5.11 Å². The molecule has 1 aliphatic carbocycles. The number of benzene rings is 1. The number of phenols is 1. The minimum atomic E-state index is 0.114. The zero-order valence-electron chi connectivity index (χ0n) is 6.85. The molecule has 0 spiro atoms. The fraction of sp³-hybridized carbons (Fsp3) is 0.333. The van der Waals surface area contributed by atoms with Gasteiger partial charge < -0.3 is 10.8 Å². The Bertz CT molecular complexity index is 365. The van der Waals surface area contributed by atoms with E-state index in [1.165, 1.54) is 0 Å². The zero-order valence-corrected chi connectivity index (χ0v) is 10.0. The number of rotatable bonds is 0. The molecule has 1 aromatic rings. The summed E-state index contributed by atoms with van der Waals surface area (Å²) in [6.07, 6.45) is 1.90. The maximum atomic E-state index is 9.62. The first-order chi connectivity index (χ1) is 6.11. The second-order valence-electron chi connectivity index (χ2n) is 3.23. The maximum absolute atomic E-state index is 9.62. The Morgan fingerprint density at radius 1 is 1.46 bits per heavy atom. The number of halogens is 2. The van der Waals surface area contributed by atoms with Gasteiger partial charge in [-0.1, -0.05) is 0 Å². The summed E-state index contributed by atoms with van der Waals surface area (Å²) in [5.74, 6) is 0.271. The van der Waals surface area contributed by atoms with Gasteiger partial charge in [0.1, 0.15) is 5.75 Å². The summed E-state index contributed by atoms with van der Waals surface area (Å²) in [5, 5.41) is 9.62. The summed E-state index contributed by atoms with van der Waals surface area (Å²) in [7, 11) is 0. The Hall–Kier alpha value is -0.0600. The van der Waals surface area contributed by atoms with Crippen LogP contribution in [0.5, 0.6) is 5.75 Å². The van der Waals surface area contributed by atoms with Crippen LogP contribution >= 0.6 is 31.9 Å². The molecule has 0 radical (unpaired) electrons. The number of nitrogens with two attached hydrogens (primary N) is 1. The minimum Gasteiger partial charge on any atom is -0.506 e. The Balaban J connectivity index is 2.67. The van der Waals surface area contributed by atoms with Crippen LogP contribution in [-0.2, 0) is 6.42 Å². The first-order valence-corrected chi connectivity index (χ1v) is 5.65. The predicted molar refractivity (Wildman–Crippen MR) is 58.8 cm³/mol. The maximum Gasteiger partial charge on any atom is 0.144 e. The summed E-state index contributed by atoms with van der Waals surface area (Å²) in [5.41, 5.74) is 8.19. The van der Waals surface area contributed by atoms with Gasteiger partial charge in [0.05, 0.1) is 8.95 Å². The monoisotopic (exact) mass is 305 g/mol. The van der Waals surface area contributed by atoms with E-state index in [0.29, 0.717) is 4.47 Å². The van der Waals surface area contributed by atoms with E-state index in [2.05, 4.69) is 31.9 Å². The lowest BCUT2D eigenvalue weighted by Crippen LogP contribution is -2.05. The van der Waals surface area contributed by atoms with E-state index >= 15 is 0 Å². The molecule has 0 aromatic heterocycles. The van der Waals surface area contributed by atoms with Crippen molar-refractivity contribution < 1.29 is 5.11 Å². The zero-order chi connectivity index (χ0) is 9.59. The molecule has 0 heterocycles. The van der Waals surface area contributed by atoms with Crippen LogP contribution in [0.2, 0.25) is 0 Å². The van der Waals surface area contributed by atoms with Crippen molar-refractivity contribution in [1.29, 1.82) is 0 Å². The van der Waals surface area contributed by atoms with Gasteiger partial charge in [-0.2, -0.15) is 0 Å². The Morgan fingerprint density at radius 2 is 2.15 bits per heavy atom. The van der Waals surface area contributed by atoms with Gasteiger partial charge in [-0.3, -0.25) is 0 Å². The average Bonchev–Trinajstić information content (AvgIpc) is 2.45. The van der Waals surface area contributed by atoms with E-state index < -0.39 is 0 Å². The fourth-order valence-electron chi connectivity index (χ4n) is 1.71. The minimum absolute atomic E-state index is 0.114. The van der Waals surface area contributed by atoms with Crippen LogP contribution in [0.15, 0.2) is 15.0 Å². The molecular weight excluding hydrogens is 298 g/mol. The highest BCUT2D eigenvalue weighted by atomic mass is 79.9. The third kappa shape index (κ3) is 1.41. The van der Waals surface area contributed by atoms with Crippen molar-refractivity contribution >= 4 is 31.9 Å². The van der Waals surface area contributed by atoms with Crippen molar-refractivity contribution in [2.24, 2.45) is 5.73 Å². The smallest absolute Gasteiger partial charge is 0.144 e. The van der Waals surface area contributed by atoms with E-state index in [9.17, 15) is 5.11 Å². The van der Waals surface area contributed by atoms with E-state index in [1.54, 1.807) is 0 Å². The highest BCUT2D eigenvalue weighted by Gasteiger charge is 2.24. The molecule has 13 heavy (non-hydrogen) atoms. The molecule has 0 saturated carbocycles.